The Balaban J connectivity index is 1.89. The van der Waals surface area contributed by atoms with Crippen LogP contribution < -0.4 is 16.2 Å². The highest BCUT2D eigenvalue weighted by atomic mass is 19.1. The second kappa shape index (κ2) is 5.72. The average molecular weight is 284 g/mol. The third-order valence-corrected chi connectivity index (χ3v) is 3.10. The number of benzene rings is 1. The molecule has 0 fully saturated rings. The molecule has 1 aliphatic heterocycles. The van der Waals surface area contributed by atoms with Gasteiger partial charge in [0.15, 0.2) is 0 Å². The molecule has 0 spiro atoms. The first-order chi connectivity index (χ1) is 10.3. The fourth-order valence-corrected chi connectivity index (χ4v) is 2.06. The molecule has 1 aromatic carbocycles. The van der Waals surface area contributed by atoms with Crippen molar-refractivity contribution in [1.82, 2.24) is 15.8 Å². The van der Waals surface area contributed by atoms with E-state index in [-0.39, 0.29) is 11.9 Å². The number of carbonyl (C=O) groups excluding carboxylic acids is 1. The van der Waals surface area contributed by atoms with Crippen LogP contribution in [0.15, 0.2) is 48.8 Å². The number of hydrogen-bond donors (Lipinski definition) is 3. The van der Waals surface area contributed by atoms with Crippen LogP contribution in [0.25, 0.3) is 5.70 Å². The van der Waals surface area contributed by atoms with Gasteiger partial charge in [-0.05, 0) is 36.4 Å². The van der Waals surface area contributed by atoms with E-state index in [1.807, 2.05) is 6.07 Å². The summed E-state index contributed by atoms with van der Waals surface area (Å²) >= 11 is 0. The molecule has 0 amide bonds. The van der Waals surface area contributed by atoms with Gasteiger partial charge in [-0.1, -0.05) is 0 Å². The number of rotatable bonds is 4. The molecule has 21 heavy (non-hydrogen) atoms. The van der Waals surface area contributed by atoms with Gasteiger partial charge in [-0.25, -0.2) is 9.82 Å². The molecule has 0 saturated heterocycles. The zero-order valence-corrected chi connectivity index (χ0v) is 11.0. The highest BCUT2D eigenvalue weighted by Gasteiger charge is 2.17. The first kappa shape index (κ1) is 13.3. The second-order valence-corrected chi connectivity index (χ2v) is 4.56. The van der Waals surface area contributed by atoms with Crippen LogP contribution in [0.2, 0.25) is 0 Å². The van der Waals surface area contributed by atoms with Gasteiger partial charge in [0.05, 0.1) is 11.4 Å². The van der Waals surface area contributed by atoms with Gasteiger partial charge in [0.1, 0.15) is 18.1 Å². The van der Waals surface area contributed by atoms with Crippen LogP contribution in [0.4, 0.5) is 15.8 Å². The molecule has 0 saturated carbocycles. The molecule has 0 aliphatic carbocycles. The molecule has 2 heterocycles. The molecule has 0 radical (unpaired) electrons. The van der Waals surface area contributed by atoms with E-state index in [1.54, 1.807) is 30.6 Å². The van der Waals surface area contributed by atoms with E-state index in [0.29, 0.717) is 0 Å². The van der Waals surface area contributed by atoms with E-state index < -0.39 is 0 Å². The molecule has 3 N–H and O–H groups in total. The Labute approximate surface area is 120 Å². The van der Waals surface area contributed by atoms with Gasteiger partial charge in [-0.2, -0.15) is 0 Å². The van der Waals surface area contributed by atoms with Crippen molar-refractivity contribution < 1.29 is 9.18 Å². The zero-order chi connectivity index (χ0) is 14.7. The Kier molecular flexibility index (Phi) is 3.61. The molecular formula is C15H13FN4O. The molecular weight excluding hydrogens is 271 g/mol. The molecule has 6 heteroatoms. The van der Waals surface area contributed by atoms with Crippen molar-refractivity contribution in [1.29, 1.82) is 0 Å². The van der Waals surface area contributed by atoms with Crippen molar-refractivity contribution in [3.63, 3.8) is 0 Å². The van der Waals surface area contributed by atoms with E-state index in [2.05, 4.69) is 21.2 Å². The third-order valence-electron chi connectivity index (χ3n) is 3.10. The van der Waals surface area contributed by atoms with E-state index in [1.165, 1.54) is 12.1 Å². The Morgan fingerprint density at radius 2 is 2.05 bits per heavy atom. The first-order valence-corrected chi connectivity index (χ1v) is 6.42. The summed E-state index contributed by atoms with van der Waals surface area (Å²) in [6, 6.07) is 7.54. The fourth-order valence-electron chi connectivity index (χ4n) is 2.06. The van der Waals surface area contributed by atoms with Gasteiger partial charge in [0.2, 0.25) is 0 Å². The number of aromatic nitrogens is 1. The SMILES string of the molecule is O=CC1C=C(c2cnccc2Nc2ccc(F)cc2)NN1. The number of aldehydes is 1. The molecule has 106 valence electrons. The maximum Gasteiger partial charge on any atom is 0.142 e. The number of nitrogens with zero attached hydrogens (tertiary/aromatic N) is 1. The molecule has 1 atom stereocenters. The minimum Gasteiger partial charge on any atom is -0.355 e. The number of hydrazine groups is 1. The number of anilines is 2. The molecule has 2 aromatic rings. The summed E-state index contributed by atoms with van der Waals surface area (Å²) in [5.74, 6) is -0.284. The van der Waals surface area contributed by atoms with Crippen molar-refractivity contribution in [2.24, 2.45) is 0 Å². The third kappa shape index (κ3) is 2.90. The van der Waals surface area contributed by atoms with Crippen molar-refractivity contribution in [3.8, 4) is 0 Å². The Hall–Kier alpha value is -2.73. The van der Waals surface area contributed by atoms with E-state index in [4.69, 9.17) is 0 Å². The van der Waals surface area contributed by atoms with Crippen LogP contribution in [0.1, 0.15) is 5.56 Å². The molecule has 3 rings (SSSR count). The van der Waals surface area contributed by atoms with E-state index in [9.17, 15) is 9.18 Å². The van der Waals surface area contributed by atoms with Crippen molar-refractivity contribution in [2.45, 2.75) is 6.04 Å². The van der Waals surface area contributed by atoms with Crippen LogP contribution in [0, 0.1) is 5.82 Å². The van der Waals surface area contributed by atoms with E-state index >= 15 is 0 Å². The Morgan fingerprint density at radius 3 is 2.76 bits per heavy atom. The molecule has 1 unspecified atom stereocenters. The quantitative estimate of drug-likeness (QED) is 0.749. The smallest absolute Gasteiger partial charge is 0.142 e. The average Bonchev–Trinajstić information content (AvgIpc) is 2.99. The van der Waals surface area contributed by atoms with Crippen LogP contribution in [-0.4, -0.2) is 17.3 Å². The van der Waals surface area contributed by atoms with Crippen LogP contribution >= 0.6 is 0 Å². The van der Waals surface area contributed by atoms with Crippen molar-refractivity contribution in [2.75, 3.05) is 5.32 Å². The predicted molar refractivity (Wildman–Crippen MR) is 78.0 cm³/mol. The number of nitrogens with one attached hydrogen (secondary N) is 3. The summed E-state index contributed by atoms with van der Waals surface area (Å²) in [4.78, 5) is 14.9. The standard InChI is InChI=1S/C15H13FN4O/c16-10-1-3-11(4-2-10)18-14-5-6-17-8-13(14)15-7-12(9-21)19-20-15/h1-9,12,19-20H,(H,17,18). The lowest BCUT2D eigenvalue weighted by atomic mass is 10.1. The number of halogens is 1. The van der Waals surface area contributed by atoms with Gasteiger partial charge in [-0.3, -0.25) is 4.98 Å². The lowest BCUT2D eigenvalue weighted by molar-refractivity contribution is -0.108. The maximum absolute atomic E-state index is 12.9. The van der Waals surface area contributed by atoms with Crippen LogP contribution in [0.3, 0.4) is 0 Å². The maximum atomic E-state index is 12.9. The largest absolute Gasteiger partial charge is 0.355 e. The highest BCUT2D eigenvalue weighted by molar-refractivity contribution is 5.81. The van der Waals surface area contributed by atoms with Crippen molar-refractivity contribution in [3.05, 3.63) is 60.2 Å². The Morgan fingerprint density at radius 1 is 1.24 bits per heavy atom. The summed E-state index contributed by atoms with van der Waals surface area (Å²) in [6.07, 6.45) is 5.94. The number of hydrogen-bond acceptors (Lipinski definition) is 5. The lowest BCUT2D eigenvalue weighted by Crippen LogP contribution is -2.32. The summed E-state index contributed by atoms with van der Waals surface area (Å²) in [5, 5.41) is 3.21. The highest BCUT2D eigenvalue weighted by Crippen LogP contribution is 2.26. The topological polar surface area (TPSA) is 66.0 Å². The summed E-state index contributed by atoms with van der Waals surface area (Å²) < 4.78 is 12.9. The fraction of sp³-hybridized carbons (Fsp3) is 0.0667. The van der Waals surface area contributed by atoms with Crippen LogP contribution in [-0.2, 0) is 4.79 Å². The van der Waals surface area contributed by atoms with Gasteiger partial charge in [-0.15, -0.1) is 0 Å². The monoisotopic (exact) mass is 284 g/mol. The predicted octanol–water partition coefficient (Wildman–Crippen LogP) is 1.98. The summed E-state index contributed by atoms with van der Waals surface area (Å²) in [5.41, 5.74) is 8.95. The second-order valence-electron chi connectivity index (χ2n) is 4.56. The minimum atomic E-state index is -0.362. The number of pyridine rings is 1. The van der Waals surface area contributed by atoms with Crippen molar-refractivity contribution >= 4 is 23.4 Å². The zero-order valence-electron chi connectivity index (χ0n) is 11.0. The number of carbonyl (C=O) groups is 1. The van der Waals surface area contributed by atoms with Gasteiger partial charge in [0, 0.05) is 23.6 Å². The molecule has 1 aromatic heterocycles. The van der Waals surface area contributed by atoms with Gasteiger partial charge >= 0.3 is 0 Å². The molecule has 5 nitrogen and oxygen atoms in total. The van der Waals surface area contributed by atoms with Crippen LogP contribution in [0.5, 0.6) is 0 Å². The Bertz CT molecular complexity index is 684. The van der Waals surface area contributed by atoms with Gasteiger partial charge < -0.3 is 15.5 Å². The first-order valence-electron chi connectivity index (χ1n) is 6.42. The van der Waals surface area contributed by atoms with E-state index in [0.717, 1.165) is 28.9 Å². The van der Waals surface area contributed by atoms with Gasteiger partial charge in [0.25, 0.3) is 0 Å². The normalized spacial score (nSPS) is 17.0. The lowest BCUT2D eigenvalue weighted by Gasteiger charge is -2.12. The molecule has 0 bridgehead atoms. The molecule has 1 aliphatic rings. The summed E-state index contributed by atoms with van der Waals surface area (Å²) in [6.45, 7) is 0. The minimum absolute atomic E-state index is 0.284. The summed E-state index contributed by atoms with van der Waals surface area (Å²) in [7, 11) is 0.